The lowest BCUT2D eigenvalue weighted by Gasteiger charge is -2.22. The van der Waals surface area contributed by atoms with Crippen LogP contribution in [-0.4, -0.2) is 27.1 Å². The van der Waals surface area contributed by atoms with Crippen molar-refractivity contribution < 1.29 is 26.7 Å². The molecule has 0 bridgehead atoms. The first-order valence-corrected chi connectivity index (χ1v) is 10.4. The molecule has 0 spiro atoms. The Labute approximate surface area is 180 Å². The first-order valence-electron chi connectivity index (χ1n) is 10.4. The van der Waals surface area contributed by atoms with Gasteiger partial charge in [0.25, 0.3) is 5.56 Å². The quantitative estimate of drug-likeness (QED) is 0.609. The van der Waals surface area contributed by atoms with Crippen LogP contribution in [0.3, 0.4) is 0 Å². The van der Waals surface area contributed by atoms with E-state index in [4.69, 9.17) is 0 Å². The molecule has 32 heavy (non-hydrogen) atoms. The molecule has 6 nitrogen and oxygen atoms in total. The predicted octanol–water partition coefficient (Wildman–Crippen LogP) is 4.74. The summed E-state index contributed by atoms with van der Waals surface area (Å²) in [5.41, 5.74) is -1.58. The van der Waals surface area contributed by atoms with Crippen LogP contribution in [0, 0.1) is 0 Å². The Morgan fingerprint density at radius 3 is 2.59 bits per heavy atom. The molecule has 174 valence electrons. The van der Waals surface area contributed by atoms with E-state index in [0.717, 1.165) is 48.9 Å². The summed E-state index contributed by atoms with van der Waals surface area (Å²) in [4.78, 5) is 28.9. The molecule has 0 unspecified atom stereocenters. The van der Waals surface area contributed by atoms with Gasteiger partial charge in [-0.05, 0) is 37.0 Å². The Bertz CT molecular complexity index is 1000. The van der Waals surface area contributed by atoms with Crippen LogP contribution >= 0.6 is 0 Å². The highest BCUT2D eigenvalue weighted by atomic mass is 19.4. The second kappa shape index (κ2) is 10.2. The highest BCUT2D eigenvalue weighted by Crippen LogP contribution is 2.33. The van der Waals surface area contributed by atoms with Gasteiger partial charge in [-0.3, -0.25) is 14.6 Å². The van der Waals surface area contributed by atoms with E-state index in [2.05, 4.69) is 15.4 Å². The molecule has 0 atom stereocenters. The summed E-state index contributed by atoms with van der Waals surface area (Å²) < 4.78 is 65.7. The Morgan fingerprint density at radius 2 is 1.94 bits per heavy atom. The van der Waals surface area contributed by atoms with Crippen LogP contribution in [0.5, 0.6) is 0 Å². The van der Waals surface area contributed by atoms with Crippen molar-refractivity contribution in [3.8, 4) is 0 Å². The number of alkyl halides is 5. The van der Waals surface area contributed by atoms with E-state index in [1.807, 2.05) is 0 Å². The summed E-state index contributed by atoms with van der Waals surface area (Å²) in [6, 6.07) is 3.42. The zero-order valence-corrected chi connectivity index (χ0v) is 17.2. The van der Waals surface area contributed by atoms with Crippen molar-refractivity contribution in [2.24, 2.45) is 0 Å². The van der Waals surface area contributed by atoms with Gasteiger partial charge in [-0.2, -0.15) is 18.3 Å². The molecular weight excluding hydrogens is 435 g/mol. The minimum atomic E-state index is -4.67. The zero-order valence-electron chi connectivity index (χ0n) is 17.2. The van der Waals surface area contributed by atoms with Gasteiger partial charge in [0.1, 0.15) is 0 Å². The molecule has 2 heterocycles. The number of hydrogen-bond donors (Lipinski definition) is 1. The molecule has 0 aliphatic heterocycles. The number of amides is 1. The molecule has 2 aromatic rings. The Kier molecular flexibility index (Phi) is 7.57. The van der Waals surface area contributed by atoms with Crippen LogP contribution in [0.25, 0.3) is 0 Å². The topological polar surface area (TPSA) is 76.9 Å². The summed E-state index contributed by atoms with van der Waals surface area (Å²) >= 11 is 0. The van der Waals surface area contributed by atoms with Gasteiger partial charge in [0, 0.05) is 24.6 Å². The van der Waals surface area contributed by atoms with Gasteiger partial charge in [-0.15, -0.1) is 0 Å². The fraction of sp³-hybridized carbons (Fsp3) is 0.524. The molecule has 1 aliphatic rings. The summed E-state index contributed by atoms with van der Waals surface area (Å²) in [5.74, 6) is -0.895. The molecule has 0 radical (unpaired) electrons. The van der Waals surface area contributed by atoms with Crippen LogP contribution in [0.4, 0.5) is 27.8 Å². The van der Waals surface area contributed by atoms with Crippen molar-refractivity contribution >= 4 is 11.7 Å². The number of pyridine rings is 1. The van der Waals surface area contributed by atoms with Crippen molar-refractivity contribution in [1.82, 2.24) is 14.8 Å². The minimum Gasteiger partial charge on any atom is -0.309 e. The predicted molar refractivity (Wildman–Crippen MR) is 107 cm³/mol. The van der Waals surface area contributed by atoms with Gasteiger partial charge in [0.15, 0.2) is 5.82 Å². The first-order chi connectivity index (χ1) is 15.1. The van der Waals surface area contributed by atoms with Crippen LogP contribution < -0.4 is 10.9 Å². The van der Waals surface area contributed by atoms with E-state index < -0.39 is 49.0 Å². The monoisotopic (exact) mass is 458 g/mol. The van der Waals surface area contributed by atoms with Crippen molar-refractivity contribution in [3.05, 3.63) is 51.6 Å². The van der Waals surface area contributed by atoms with E-state index in [0.29, 0.717) is 5.56 Å². The SMILES string of the molecule is O=C(CCC(F)F)Nc1cc(C2CCCCC2)c(=O)n(Cc2ncccc2C(F)(F)F)n1. The Morgan fingerprint density at radius 1 is 1.22 bits per heavy atom. The lowest BCUT2D eigenvalue weighted by Crippen LogP contribution is -2.31. The third-order valence-electron chi connectivity index (χ3n) is 5.40. The maximum Gasteiger partial charge on any atom is 0.418 e. The highest BCUT2D eigenvalue weighted by molar-refractivity contribution is 5.89. The van der Waals surface area contributed by atoms with Gasteiger partial charge >= 0.3 is 6.18 Å². The lowest BCUT2D eigenvalue weighted by atomic mass is 9.85. The minimum absolute atomic E-state index is 0.0612. The Balaban J connectivity index is 1.97. The molecule has 3 rings (SSSR count). The number of nitrogens with one attached hydrogen (secondary N) is 1. The maximum absolute atomic E-state index is 13.4. The summed E-state index contributed by atoms with van der Waals surface area (Å²) in [7, 11) is 0. The van der Waals surface area contributed by atoms with Crippen LogP contribution in [0.15, 0.2) is 29.2 Å². The van der Waals surface area contributed by atoms with Gasteiger partial charge in [0.05, 0.1) is 17.8 Å². The molecule has 1 amide bonds. The van der Waals surface area contributed by atoms with Gasteiger partial charge in [0.2, 0.25) is 12.3 Å². The van der Waals surface area contributed by atoms with Gasteiger partial charge in [-0.25, -0.2) is 13.5 Å². The van der Waals surface area contributed by atoms with Crippen LogP contribution in [-0.2, 0) is 17.5 Å². The highest BCUT2D eigenvalue weighted by Gasteiger charge is 2.34. The van der Waals surface area contributed by atoms with Crippen molar-refractivity contribution in [2.75, 3.05) is 5.32 Å². The normalized spacial score (nSPS) is 15.2. The zero-order chi connectivity index (χ0) is 23.3. The molecule has 1 N–H and O–H groups in total. The number of aromatic nitrogens is 3. The fourth-order valence-electron chi connectivity index (χ4n) is 3.85. The van der Waals surface area contributed by atoms with E-state index >= 15 is 0 Å². The summed E-state index contributed by atoms with van der Waals surface area (Å²) in [6.45, 7) is -0.547. The lowest BCUT2D eigenvalue weighted by molar-refractivity contribution is -0.138. The second-order valence-corrected chi connectivity index (χ2v) is 7.76. The largest absolute Gasteiger partial charge is 0.418 e. The number of carbonyl (C=O) groups excluding carboxylic acids is 1. The molecule has 2 aromatic heterocycles. The first kappa shape index (κ1) is 23.8. The standard InChI is InChI=1S/C21H23F5N4O2/c22-17(23)8-9-19(31)28-18-11-14(13-5-2-1-3-6-13)20(32)30(29-18)12-16-15(21(24,25)26)7-4-10-27-16/h4,7,10-11,13,17H,1-3,5-6,8-9,12H2,(H,28,29,31). The van der Waals surface area contributed by atoms with Crippen molar-refractivity contribution in [3.63, 3.8) is 0 Å². The fourth-order valence-corrected chi connectivity index (χ4v) is 3.85. The number of hydrogen-bond acceptors (Lipinski definition) is 4. The van der Waals surface area contributed by atoms with Crippen LogP contribution in [0.2, 0.25) is 0 Å². The van der Waals surface area contributed by atoms with E-state index in [-0.39, 0.29) is 17.4 Å². The molecule has 1 saturated carbocycles. The molecule has 11 heteroatoms. The summed E-state index contributed by atoms with van der Waals surface area (Å²) in [6.07, 6.45) is -2.92. The molecular formula is C21H23F5N4O2. The maximum atomic E-state index is 13.4. The third-order valence-corrected chi connectivity index (χ3v) is 5.40. The van der Waals surface area contributed by atoms with Gasteiger partial charge in [-0.1, -0.05) is 19.3 Å². The molecule has 1 aliphatic carbocycles. The second-order valence-electron chi connectivity index (χ2n) is 7.76. The van der Waals surface area contributed by atoms with E-state index in [1.165, 1.54) is 12.3 Å². The van der Waals surface area contributed by atoms with Crippen molar-refractivity contribution in [1.29, 1.82) is 0 Å². The number of carbonyl (C=O) groups is 1. The van der Waals surface area contributed by atoms with Crippen molar-refractivity contribution in [2.45, 2.75) is 70.0 Å². The average molecular weight is 458 g/mol. The smallest absolute Gasteiger partial charge is 0.309 e. The summed E-state index contributed by atoms with van der Waals surface area (Å²) in [5, 5.41) is 6.38. The number of halogens is 5. The van der Waals surface area contributed by atoms with Gasteiger partial charge < -0.3 is 5.32 Å². The number of nitrogens with zero attached hydrogens (tertiary/aromatic N) is 3. The molecule has 0 aromatic carbocycles. The van der Waals surface area contributed by atoms with E-state index in [1.54, 1.807) is 0 Å². The molecule has 0 saturated heterocycles. The average Bonchev–Trinajstić information content (AvgIpc) is 2.74. The molecule has 1 fully saturated rings. The number of rotatable bonds is 7. The Hall–Kier alpha value is -2.85. The van der Waals surface area contributed by atoms with Crippen LogP contribution in [0.1, 0.15) is 67.7 Å². The van der Waals surface area contributed by atoms with E-state index in [9.17, 15) is 31.5 Å². The third kappa shape index (κ3) is 6.10. The number of anilines is 1.